The zero-order valence-electron chi connectivity index (χ0n) is 5.04. The summed E-state index contributed by atoms with van der Waals surface area (Å²) in [6.07, 6.45) is 0.931. The molecule has 0 bridgehead atoms. The van der Waals surface area contributed by atoms with Crippen molar-refractivity contribution in [3.63, 3.8) is 0 Å². The van der Waals surface area contributed by atoms with Crippen molar-refractivity contribution in [3.8, 4) is 6.07 Å². The van der Waals surface area contributed by atoms with Crippen molar-refractivity contribution >= 4 is 11.3 Å². The Morgan fingerprint density at radius 3 is 2.40 bits per heavy atom. The molecule has 1 aromatic rings. The van der Waals surface area contributed by atoms with E-state index in [1.54, 1.807) is 17.4 Å². The summed E-state index contributed by atoms with van der Waals surface area (Å²) in [6, 6.07) is 5.44. The van der Waals surface area contributed by atoms with Gasteiger partial charge in [0.05, 0.1) is 0 Å². The summed E-state index contributed by atoms with van der Waals surface area (Å²) in [6.45, 7) is 4.54. The first-order valence-electron chi connectivity index (χ1n) is 2.24. The maximum atomic E-state index is 7.44. The molecule has 0 aliphatic rings. The number of hydrogen-bond donors (Lipinski definition) is 0. The second kappa shape index (κ2) is 11.3. The van der Waals surface area contributed by atoms with E-state index in [9.17, 15) is 0 Å². The summed E-state index contributed by atoms with van der Waals surface area (Å²) in [4.78, 5) is 0. The summed E-state index contributed by atoms with van der Waals surface area (Å²) in [7, 11) is 0. The van der Waals surface area contributed by atoms with E-state index in [2.05, 4.69) is 12.0 Å². The molecular weight excluding hydrogens is 194 g/mol. The van der Waals surface area contributed by atoms with Crippen LogP contribution in [0.25, 0.3) is 0 Å². The van der Waals surface area contributed by atoms with Crippen molar-refractivity contribution in [2.45, 2.75) is 0 Å². The van der Waals surface area contributed by atoms with Gasteiger partial charge >= 0.3 is 17.1 Å². The molecule has 1 radical (unpaired) electrons. The van der Waals surface area contributed by atoms with Crippen LogP contribution in [0.3, 0.4) is 0 Å². The zero-order valence-corrected chi connectivity index (χ0v) is 6.80. The van der Waals surface area contributed by atoms with Gasteiger partial charge in [0.15, 0.2) is 0 Å². The van der Waals surface area contributed by atoms with Crippen LogP contribution < -0.4 is 0 Å². The molecule has 10 heavy (non-hydrogen) atoms. The van der Waals surface area contributed by atoms with Crippen LogP contribution in [0.4, 0.5) is 0 Å². The van der Waals surface area contributed by atoms with E-state index in [4.69, 9.17) is 5.26 Å². The Labute approximate surface area is 75.5 Å². The normalized spacial score (nSPS) is 5.50. The predicted octanol–water partition coefficient (Wildman–Crippen LogP) is 2.04. The first kappa shape index (κ1) is 12.2. The van der Waals surface area contributed by atoms with Crippen molar-refractivity contribution in [3.05, 3.63) is 35.5 Å². The molecule has 0 saturated heterocycles. The third-order valence-corrected chi connectivity index (χ3v) is 1.02. The molecule has 0 aliphatic carbocycles. The van der Waals surface area contributed by atoms with E-state index in [1.807, 2.05) is 17.5 Å². The third-order valence-electron chi connectivity index (χ3n) is 0.453. The molecular formula is C7H5CuNS. The van der Waals surface area contributed by atoms with Crippen molar-refractivity contribution in [2.24, 2.45) is 0 Å². The quantitative estimate of drug-likeness (QED) is 0.356. The molecule has 0 fully saturated rings. The molecule has 1 nitrogen and oxygen atoms in total. The summed E-state index contributed by atoms with van der Waals surface area (Å²) in [5.74, 6) is 0. The minimum Gasteiger partial charge on any atom is -0.329 e. The van der Waals surface area contributed by atoms with Gasteiger partial charge < -0.3 is 16.6 Å². The van der Waals surface area contributed by atoms with Crippen LogP contribution in [-0.4, -0.2) is 0 Å². The Morgan fingerprint density at radius 1 is 1.70 bits per heavy atom. The molecule has 0 aliphatic heterocycles. The second-order valence-electron chi connectivity index (χ2n) is 1.03. The summed E-state index contributed by atoms with van der Waals surface area (Å²) in [5.41, 5.74) is 0. The van der Waals surface area contributed by atoms with Crippen LogP contribution >= 0.6 is 11.3 Å². The van der Waals surface area contributed by atoms with Gasteiger partial charge in [0, 0.05) is 0 Å². The maximum absolute atomic E-state index is 7.44. The fraction of sp³-hybridized carbons (Fsp3) is 0. The SMILES string of the molecule is [CH-]=CC#N.[Cu+2].[c-]1cccs1. The minimum atomic E-state index is 0. The molecule has 0 N–H and O–H groups in total. The van der Waals surface area contributed by atoms with Gasteiger partial charge in [-0.2, -0.15) is 17.5 Å². The summed E-state index contributed by atoms with van der Waals surface area (Å²) < 4.78 is 0. The topological polar surface area (TPSA) is 23.8 Å². The Balaban J connectivity index is 0. The smallest absolute Gasteiger partial charge is 0.329 e. The number of hydrogen-bond acceptors (Lipinski definition) is 2. The summed E-state index contributed by atoms with van der Waals surface area (Å²) >= 11 is 1.59. The Morgan fingerprint density at radius 2 is 2.30 bits per heavy atom. The second-order valence-corrected chi connectivity index (χ2v) is 1.77. The maximum Gasteiger partial charge on any atom is 2.00 e. The van der Waals surface area contributed by atoms with Gasteiger partial charge in [-0.3, -0.25) is 6.58 Å². The first-order valence-corrected chi connectivity index (χ1v) is 3.12. The zero-order chi connectivity index (χ0) is 6.95. The van der Waals surface area contributed by atoms with Gasteiger partial charge in [-0.1, -0.05) is 0 Å². The Kier molecular flexibility index (Phi) is 13.7. The molecule has 0 saturated carbocycles. The standard InChI is InChI=1S/C4H3S.C3H2N.Cu/c1-2-4-5-3-1;1-2-3-4;/h1-3H;1-2H;/q2*-1;+2. The number of rotatable bonds is 0. The van der Waals surface area contributed by atoms with E-state index < -0.39 is 0 Å². The van der Waals surface area contributed by atoms with Crippen LogP contribution in [-0.2, 0) is 17.1 Å². The molecule has 55 valence electrons. The molecule has 0 unspecified atom stereocenters. The monoisotopic (exact) mass is 198 g/mol. The molecule has 1 aromatic heterocycles. The van der Waals surface area contributed by atoms with Crippen LogP contribution in [0, 0.1) is 23.3 Å². The Hall–Kier alpha value is -0.551. The summed E-state index contributed by atoms with van der Waals surface area (Å²) in [5, 5.41) is 12.3. The molecule has 0 amide bonds. The van der Waals surface area contributed by atoms with Crippen LogP contribution in [0.2, 0.25) is 0 Å². The third kappa shape index (κ3) is 10.4. The molecule has 0 aromatic carbocycles. The van der Waals surface area contributed by atoms with Gasteiger partial charge in [0.2, 0.25) is 0 Å². The molecule has 3 heteroatoms. The molecule has 1 rings (SSSR count). The van der Waals surface area contributed by atoms with Gasteiger partial charge in [0.1, 0.15) is 0 Å². The fourth-order valence-corrected chi connectivity index (χ4v) is 0.589. The van der Waals surface area contributed by atoms with E-state index in [-0.39, 0.29) is 17.1 Å². The van der Waals surface area contributed by atoms with Crippen molar-refractivity contribution in [1.82, 2.24) is 0 Å². The minimum absolute atomic E-state index is 0. The fourth-order valence-electron chi connectivity index (χ4n) is 0.196. The van der Waals surface area contributed by atoms with E-state index in [0.717, 1.165) is 6.08 Å². The number of nitriles is 1. The van der Waals surface area contributed by atoms with Gasteiger partial charge in [-0.05, 0) is 0 Å². The van der Waals surface area contributed by atoms with Crippen LogP contribution in [0.5, 0.6) is 0 Å². The number of nitrogens with zero attached hydrogens (tertiary/aromatic N) is 1. The van der Waals surface area contributed by atoms with Crippen LogP contribution in [0.1, 0.15) is 0 Å². The number of thiophene rings is 1. The molecule has 1 heterocycles. The van der Waals surface area contributed by atoms with E-state index >= 15 is 0 Å². The van der Waals surface area contributed by atoms with Crippen molar-refractivity contribution < 1.29 is 17.1 Å². The van der Waals surface area contributed by atoms with Crippen LogP contribution in [0.15, 0.2) is 23.6 Å². The average Bonchev–Trinajstić information content (AvgIpc) is 2.43. The van der Waals surface area contributed by atoms with E-state index in [0.29, 0.717) is 0 Å². The van der Waals surface area contributed by atoms with Gasteiger partial charge in [-0.25, -0.2) is 6.07 Å². The molecule has 0 spiro atoms. The van der Waals surface area contributed by atoms with Crippen molar-refractivity contribution in [1.29, 1.82) is 5.26 Å². The van der Waals surface area contributed by atoms with Gasteiger partial charge in [-0.15, -0.1) is 11.4 Å². The largest absolute Gasteiger partial charge is 2.00 e. The first-order chi connectivity index (χ1) is 4.41. The molecule has 0 atom stereocenters. The average molecular weight is 199 g/mol. The van der Waals surface area contributed by atoms with E-state index in [1.165, 1.54) is 0 Å². The Bertz CT molecular complexity index is 159. The predicted molar refractivity (Wildman–Crippen MR) is 37.6 cm³/mol. The number of allylic oxidation sites excluding steroid dienone is 1. The van der Waals surface area contributed by atoms with Crippen molar-refractivity contribution in [2.75, 3.05) is 0 Å². The van der Waals surface area contributed by atoms with Gasteiger partial charge in [0.25, 0.3) is 0 Å².